The van der Waals surface area contributed by atoms with Gasteiger partial charge in [0.15, 0.2) is 5.78 Å². The minimum Gasteiger partial charge on any atom is -0.481 e. The third kappa shape index (κ3) is 8.54. The molecule has 0 aliphatic carbocycles. The van der Waals surface area contributed by atoms with E-state index in [1.807, 2.05) is 61.5 Å². The van der Waals surface area contributed by atoms with Gasteiger partial charge in [0.05, 0.1) is 5.92 Å². The summed E-state index contributed by atoms with van der Waals surface area (Å²) in [5.41, 5.74) is 3.06. The van der Waals surface area contributed by atoms with Crippen LogP contribution in [-0.2, 0) is 9.59 Å². The number of carbonyl (C=O) groups is 3. The van der Waals surface area contributed by atoms with Gasteiger partial charge in [-0.15, -0.1) is 0 Å². The van der Waals surface area contributed by atoms with E-state index < -0.39 is 11.9 Å². The molecule has 0 aliphatic heterocycles. The molecule has 6 nitrogen and oxygen atoms in total. The minimum absolute atomic E-state index is 0.0714. The van der Waals surface area contributed by atoms with Crippen molar-refractivity contribution >= 4 is 29.3 Å². The summed E-state index contributed by atoms with van der Waals surface area (Å²) >= 11 is 6.03. The van der Waals surface area contributed by atoms with Crippen LogP contribution < -0.4 is 5.32 Å². The summed E-state index contributed by atoms with van der Waals surface area (Å²) in [4.78, 5) is 38.9. The Bertz CT molecular complexity index is 1210. The third-order valence-corrected chi connectivity index (χ3v) is 6.99. The average Bonchev–Trinajstić information content (AvgIpc) is 2.93. The van der Waals surface area contributed by atoms with Crippen LogP contribution >= 0.6 is 11.6 Å². The first-order valence-corrected chi connectivity index (χ1v) is 13.3. The highest BCUT2D eigenvalue weighted by Gasteiger charge is 2.19. The highest BCUT2D eigenvalue weighted by Crippen LogP contribution is 2.23. The molecule has 2 atom stereocenters. The second-order valence-electron chi connectivity index (χ2n) is 9.45. The van der Waals surface area contributed by atoms with Gasteiger partial charge in [0.25, 0.3) is 0 Å². The fourth-order valence-corrected chi connectivity index (χ4v) is 4.51. The van der Waals surface area contributed by atoms with Gasteiger partial charge < -0.3 is 10.4 Å². The quantitative estimate of drug-likeness (QED) is 0.192. The molecule has 3 aromatic rings. The van der Waals surface area contributed by atoms with Crippen LogP contribution in [0.15, 0.2) is 78.9 Å². The van der Waals surface area contributed by atoms with Crippen LogP contribution in [0, 0.1) is 0 Å². The van der Waals surface area contributed by atoms with Crippen LogP contribution in [0.5, 0.6) is 0 Å². The normalized spacial score (nSPS) is 12.6. The average molecular weight is 535 g/mol. The molecule has 1 unspecified atom stereocenters. The highest BCUT2D eigenvalue weighted by atomic mass is 35.5. The number of ketones is 1. The van der Waals surface area contributed by atoms with Gasteiger partial charge >= 0.3 is 5.97 Å². The molecule has 0 aliphatic rings. The number of nitrogens with one attached hydrogen (secondary N) is 1. The molecule has 2 N–H and O–H groups in total. The topological polar surface area (TPSA) is 86.7 Å². The molecule has 0 heterocycles. The minimum atomic E-state index is -0.806. The second-order valence-corrected chi connectivity index (χ2v) is 9.88. The van der Waals surface area contributed by atoms with Crippen LogP contribution in [0.2, 0.25) is 5.02 Å². The molecule has 0 aromatic heterocycles. The molecule has 3 aromatic carbocycles. The second kappa shape index (κ2) is 14.5. The lowest BCUT2D eigenvalue weighted by molar-refractivity contribution is -0.137. The summed E-state index contributed by atoms with van der Waals surface area (Å²) in [5.74, 6) is -1.38. The van der Waals surface area contributed by atoms with Gasteiger partial charge in [-0.25, -0.2) is 0 Å². The SMILES string of the molecule is CC(c1ccc(Cl)cc1)N(CCCNC(=O)[C@H](C)c1cccc(C(=O)c2ccccc2)c1)CCCC(=O)O. The number of benzene rings is 3. The predicted octanol–water partition coefficient (Wildman–Crippen LogP) is 6.11. The fourth-order valence-electron chi connectivity index (χ4n) is 4.39. The molecule has 38 heavy (non-hydrogen) atoms. The number of halogens is 1. The zero-order valence-electron chi connectivity index (χ0n) is 21.9. The zero-order chi connectivity index (χ0) is 27.5. The Hall–Kier alpha value is -3.48. The Balaban J connectivity index is 1.55. The van der Waals surface area contributed by atoms with E-state index in [1.54, 1.807) is 24.3 Å². The van der Waals surface area contributed by atoms with E-state index in [2.05, 4.69) is 17.1 Å². The summed E-state index contributed by atoms with van der Waals surface area (Å²) in [5, 5.41) is 12.7. The van der Waals surface area contributed by atoms with Crippen molar-refractivity contribution in [2.24, 2.45) is 0 Å². The molecule has 0 saturated carbocycles. The van der Waals surface area contributed by atoms with E-state index in [9.17, 15) is 14.4 Å². The van der Waals surface area contributed by atoms with Crippen LogP contribution in [0.4, 0.5) is 0 Å². The number of carbonyl (C=O) groups excluding carboxylic acids is 2. The summed E-state index contributed by atoms with van der Waals surface area (Å²) in [6.07, 6.45) is 1.38. The van der Waals surface area contributed by atoms with Gasteiger partial charge in [-0.05, 0) is 62.6 Å². The Kier molecular flexibility index (Phi) is 11.1. The number of carboxylic acids is 1. The maximum absolute atomic E-state index is 12.9. The van der Waals surface area contributed by atoms with E-state index in [0.717, 1.165) is 17.5 Å². The van der Waals surface area contributed by atoms with Gasteiger partial charge in [-0.1, -0.05) is 72.3 Å². The van der Waals surface area contributed by atoms with Crippen molar-refractivity contribution < 1.29 is 19.5 Å². The number of aliphatic carboxylic acids is 1. The maximum Gasteiger partial charge on any atom is 0.303 e. The zero-order valence-corrected chi connectivity index (χ0v) is 22.7. The molecule has 1 amide bonds. The third-order valence-electron chi connectivity index (χ3n) is 6.74. The largest absolute Gasteiger partial charge is 0.481 e. The van der Waals surface area contributed by atoms with E-state index in [1.165, 1.54) is 0 Å². The van der Waals surface area contributed by atoms with Gasteiger partial charge in [-0.3, -0.25) is 19.3 Å². The number of rotatable bonds is 14. The number of amides is 1. The first-order valence-electron chi connectivity index (χ1n) is 12.9. The standard InChI is InChI=1S/C31H35ClN2O4/c1-22(26-11-6-12-27(21-26)30(37)25-9-4-3-5-10-25)31(38)33-18-8-20-34(19-7-13-29(35)36)23(2)24-14-16-28(32)17-15-24/h3-6,9-12,14-17,21-23H,7-8,13,18-20H2,1-2H3,(H,33,38)(H,35,36)/t22-,23?/m1/s1. The Morgan fingerprint density at radius 2 is 1.50 bits per heavy atom. The molecule has 0 fully saturated rings. The van der Waals surface area contributed by atoms with Crippen LogP contribution in [0.25, 0.3) is 0 Å². The molecule has 0 radical (unpaired) electrons. The smallest absolute Gasteiger partial charge is 0.303 e. The Morgan fingerprint density at radius 1 is 0.842 bits per heavy atom. The fraction of sp³-hybridized carbons (Fsp3) is 0.323. The summed E-state index contributed by atoms with van der Waals surface area (Å²) < 4.78 is 0. The summed E-state index contributed by atoms with van der Waals surface area (Å²) in [7, 11) is 0. The van der Waals surface area contributed by atoms with E-state index in [0.29, 0.717) is 42.2 Å². The first kappa shape index (κ1) is 29.1. The lowest BCUT2D eigenvalue weighted by Crippen LogP contribution is -2.34. The number of hydrogen-bond donors (Lipinski definition) is 2. The van der Waals surface area contributed by atoms with Crippen molar-refractivity contribution in [2.75, 3.05) is 19.6 Å². The molecular formula is C31H35ClN2O4. The molecule has 7 heteroatoms. The van der Waals surface area contributed by atoms with Crippen molar-refractivity contribution in [2.45, 2.75) is 45.1 Å². The molecule has 0 saturated heterocycles. The van der Waals surface area contributed by atoms with Crippen molar-refractivity contribution in [1.29, 1.82) is 0 Å². The first-order chi connectivity index (χ1) is 18.3. The summed E-state index contributed by atoms with van der Waals surface area (Å²) in [6, 6.07) is 24.1. The Labute approximate surface area is 229 Å². The van der Waals surface area contributed by atoms with Crippen LogP contribution in [-0.4, -0.2) is 47.3 Å². The van der Waals surface area contributed by atoms with Crippen molar-refractivity contribution in [3.05, 3.63) is 106 Å². The monoisotopic (exact) mass is 534 g/mol. The van der Waals surface area contributed by atoms with Gasteiger partial charge in [0, 0.05) is 41.7 Å². The molecule has 0 spiro atoms. The number of nitrogens with zero attached hydrogens (tertiary/aromatic N) is 1. The lowest BCUT2D eigenvalue weighted by Gasteiger charge is -2.29. The molecule has 3 rings (SSSR count). The van der Waals surface area contributed by atoms with Crippen LogP contribution in [0.1, 0.15) is 72.1 Å². The van der Waals surface area contributed by atoms with Crippen molar-refractivity contribution in [1.82, 2.24) is 10.2 Å². The maximum atomic E-state index is 12.9. The van der Waals surface area contributed by atoms with E-state index >= 15 is 0 Å². The van der Waals surface area contributed by atoms with E-state index in [-0.39, 0.29) is 24.2 Å². The van der Waals surface area contributed by atoms with Gasteiger partial charge in [0.2, 0.25) is 5.91 Å². The molecular weight excluding hydrogens is 500 g/mol. The van der Waals surface area contributed by atoms with Crippen molar-refractivity contribution in [3.63, 3.8) is 0 Å². The lowest BCUT2D eigenvalue weighted by atomic mass is 9.95. The summed E-state index contributed by atoms with van der Waals surface area (Å²) in [6.45, 7) is 5.77. The van der Waals surface area contributed by atoms with E-state index in [4.69, 9.17) is 16.7 Å². The molecule has 0 bridgehead atoms. The van der Waals surface area contributed by atoms with Crippen molar-refractivity contribution in [3.8, 4) is 0 Å². The molecule has 200 valence electrons. The van der Waals surface area contributed by atoms with Gasteiger partial charge in [0.1, 0.15) is 0 Å². The highest BCUT2D eigenvalue weighted by molar-refractivity contribution is 6.30. The Morgan fingerprint density at radius 3 is 2.18 bits per heavy atom. The number of carboxylic acid groups (broad SMARTS) is 1. The van der Waals surface area contributed by atoms with Gasteiger partial charge in [-0.2, -0.15) is 0 Å². The number of hydrogen-bond acceptors (Lipinski definition) is 4. The van der Waals surface area contributed by atoms with Crippen LogP contribution in [0.3, 0.4) is 0 Å². The predicted molar refractivity (Wildman–Crippen MR) is 151 cm³/mol.